The second-order valence-electron chi connectivity index (χ2n) is 4.64. The molecule has 2 unspecified atom stereocenters. The predicted molar refractivity (Wildman–Crippen MR) is 68.2 cm³/mol. The second-order valence-corrected chi connectivity index (χ2v) is 7.11. The summed E-state index contributed by atoms with van der Waals surface area (Å²) in [6, 6.07) is 0.341. The van der Waals surface area contributed by atoms with Gasteiger partial charge < -0.3 is 0 Å². The third-order valence-corrected chi connectivity index (χ3v) is 2.80. The monoisotopic (exact) mass is 254 g/mol. The Kier molecular flexibility index (Phi) is 9.68. The molecule has 6 heteroatoms. The summed E-state index contributed by atoms with van der Waals surface area (Å²) in [4.78, 5) is 0. The highest BCUT2D eigenvalue weighted by Gasteiger charge is 2.18. The molecule has 0 aliphatic carbocycles. The highest BCUT2D eigenvalue weighted by molar-refractivity contribution is 7.41. The van der Waals surface area contributed by atoms with Gasteiger partial charge in [0.1, 0.15) is 0 Å². The molecule has 0 bridgehead atoms. The van der Waals surface area contributed by atoms with Crippen molar-refractivity contribution in [3.8, 4) is 0 Å². The van der Waals surface area contributed by atoms with Crippen LogP contribution in [-0.2, 0) is 9.13 Å². The van der Waals surface area contributed by atoms with Crippen LogP contribution < -0.4 is 10.2 Å². The summed E-state index contributed by atoms with van der Waals surface area (Å²) < 4.78 is 20.8. The van der Waals surface area contributed by atoms with Crippen LogP contribution in [-0.4, -0.2) is 24.9 Å². The Morgan fingerprint density at radius 1 is 1.00 bits per heavy atom. The Morgan fingerprint density at radius 2 is 1.40 bits per heavy atom. The molecule has 0 fully saturated rings. The molecule has 4 nitrogen and oxygen atoms in total. The summed E-state index contributed by atoms with van der Waals surface area (Å²) in [5, 5.41) is 5.71. The van der Waals surface area contributed by atoms with Crippen LogP contribution in [0, 0.1) is 0 Å². The topological polar surface area (TPSA) is 58.2 Å². The molecular weight excluding hydrogens is 230 g/mol. The predicted octanol–water partition coefficient (Wildman–Crippen LogP) is 3.10. The first-order valence-electron chi connectivity index (χ1n) is 4.90. The largest absolute Gasteiger partial charge is 0.429 e. The summed E-state index contributed by atoms with van der Waals surface area (Å²) in [5.41, 5.74) is -0.0117. The van der Waals surface area contributed by atoms with Crippen LogP contribution in [0.15, 0.2) is 0 Å². The minimum atomic E-state index is -1.19. The zero-order valence-corrected chi connectivity index (χ0v) is 12.6. The summed E-state index contributed by atoms with van der Waals surface area (Å²) >= 11 is 0. The van der Waals surface area contributed by atoms with Crippen LogP contribution in [0.4, 0.5) is 0 Å². The SMILES string of the molecule is CC(C)N[P+](C)=O.C[P+](=O)NC(C)(C)C. The van der Waals surface area contributed by atoms with Gasteiger partial charge in [-0.3, -0.25) is 0 Å². The van der Waals surface area contributed by atoms with Gasteiger partial charge in [0.15, 0.2) is 13.3 Å². The molecule has 2 N–H and O–H groups in total. The molecule has 0 saturated carbocycles. The fourth-order valence-corrected chi connectivity index (χ4v) is 2.51. The second kappa shape index (κ2) is 8.29. The molecule has 0 saturated heterocycles. The van der Waals surface area contributed by atoms with Crippen LogP contribution >= 0.6 is 15.9 Å². The van der Waals surface area contributed by atoms with Crippen molar-refractivity contribution in [2.45, 2.75) is 46.2 Å². The van der Waals surface area contributed by atoms with Gasteiger partial charge in [-0.2, -0.15) is 0 Å². The zero-order valence-electron chi connectivity index (χ0n) is 10.8. The lowest BCUT2D eigenvalue weighted by molar-refractivity contribution is 0.503. The smallest absolute Gasteiger partial charge is 0.107 e. The van der Waals surface area contributed by atoms with Crippen molar-refractivity contribution in [3.05, 3.63) is 0 Å². The minimum Gasteiger partial charge on any atom is -0.107 e. The summed E-state index contributed by atoms with van der Waals surface area (Å²) in [6.45, 7) is 13.2. The lowest BCUT2D eigenvalue weighted by atomic mass is 10.1. The van der Waals surface area contributed by atoms with Gasteiger partial charge in [-0.05, 0) is 34.6 Å². The van der Waals surface area contributed by atoms with Crippen LogP contribution in [0.25, 0.3) is 0 Å². The third kappa shape index (κ3) is 24.9. The first kappa shape index (κ1) is 17.5. The number of hydrogen-bond acceptors (Lipinski definition) is 2. The van der Waals surface area contributed by atoms with Crippen molar-refractivity contribution >= 4 is 15.9 Å². The van der Waals surface area contributed by atoms with E-state index >= 15 is 0 Å². The van der Waals surface area contributed by atoms with E-state index in [1.165, 1.54) is 0 Å². The van der Waals surface area contributed by atoms with E-state index in [1.807, 2.05) is 34.6 Å². The van der Waals surface area contributed by atoms with Gasteiger partial charge in [-0.15, -0.1) is 10.2 Å². The quantitative estimate of drug-likeness (QED) is 0.760. The van der Waals surface area contributed by atoms with E-state index in [0.717, 1.165) is 0 Å². The lowest BCUT2D eigenvalue weighted by Gasteiger charge is -2.10. The standard InChI is InChI=1S/C5H13NOP.C4H11NOP/c1-5(2,3)6-8(4)7;1-4(2)5-7(3)6/h1-4H3,(H,6,7);4H,1-3H3,(H,5,6)/q2*+1. The van der Waals surface area contributed by atoms with Gasteiger partial charge in [0, 0.05) is 6.04 Å². The van der Waals surface area contributed by atoms with E-state index in [9.17, 15) is 9.13 Å². The molecule has 90 valence electrons. The van der Waals surface area contributed by atoms with Gasteiger partial charge in [-0.1, -0.05) is 9.13 Å². The molecule has 0 aromatic heterocycles. The van der Waals surface area contributed by atoms with Crippen LogP contribution in [0.3, 0.4) is 0 Å². The highest BCUT2D eigenvalue weighted by atomic mass is 31.1. The lowest BCUT2D eigenvalue weighted by Crippen LogP contribution is -2.29. The molecule has 0 amide bonds. The third-order valence-electron chi connectivity index (χ3n) is 0.933. The normalized spacial score (nSPS) is 13.1. The minimum absolute atomic E-state index is 0.0117. The van der Waals surface area contributed by atoms with E-state index in [0.29, 0.717) is 6.04 Å². The molecule has 0 aromatic rings. The maximum Gasteiger partial charge on any atom is 0.429 e. The van der Waals surface area contributed by atoms with E-state index in [-0.39, 0.29) is 5.54 Å². The van der Waals surface area contributed by atoms with Crippen LogP contribution in [0.1, 0.15) is 34.6 Å². The van der Waals surface area contributed by atoms with E-state index in [1.54, 1.807) is 13.3 Å². The van der Waals surface area contributed by atoms with Gasteiger partial charge in [0.05, 0.1) is 5.54 Å². The van der Waals surface area contributed by atoms with Gasteiger partial charge in [0.25, 0.3) is 0 Å². The maximum absolute atomic E-state index is 10.5. The van der Waals surface area contributed by atoms with E-state index in [4.69, 9.17) is 0 Å². The van der Waals surface area contributed by atoms with Crippen LogP contribution in [0.5, 0.6) is 0 Å². The van der Waals surface area contributed by atoms with Gasteiger partial charge in [-0.25, -0.2) is 0 Å². The van der Waals surface area contributed by atoms with Crippen LogP contribution in [0.2, 0.25) is 0 Å². The molecule has 0 spiro atoms. The Hall–Kier alpha value is 0.120. The Bertz CT molecular complexity index is 213. The Labute approximate surface area is 95.3 Å². The molecular formula is C9H24N2O2P2+2. The van der Waals surface area contributed by atoms with Crippen molar-refractivity contribution in [2.24, 2.45) is 0 Å². The molecule has 2 atom stereocenters. The average molecular weight is 254 g/mol. The zero-order chi connectivity index (χ0) is 12.6. The summed E-state index contributed by atoms with van der Waals surface area (Å²) in [6.07, 6.45) is 0. The number of rotatable bonds is 3. The maximum atomic E-state index is 10.5. The fourth-order valence-electron chi connectivity index (χ4n) is 0.836. The first-order chi connectivity index (χ1) is 6.54. The van der Waals surface area contributed by atoms with Crippen molar-refractivity contribution in [1.29, 1.82) is 0 Å². The number of hydrogen-bond donors (Lipinski definition) is 2. The molecule has 0 aliphatic heterocycles. The molecule has 15 heavy (non-hydrogen) atoms. The van der Waals surface area contributed by atoms with Crippen molar-refractivity contribution < 1.29 is 9.13 Å². The van der Waals surface area contributed by atoms with Crippen molar-refractivity contribution in [3.63, 3.8) is 0 Å². The summed E-state index contributed by atoms with van der Waals surface area (Å²) in [5.74, 6) is 0. The van der Waals surface area contributed by atoms with Gasteiger partial charge >= 0.3 is 15.9 Å². The molecule has 0 heterocycles. The van der Waals surface area contributed by atoms with E-state index in [2.05, 4.69) is 10.2 Å². The first-order valence-corrected chi connectivity index (χ1v) is 8.31. The Morgan fingerprint density at radius 3 is 1.40 bits per heavy atom. The molecule has 0 radical (unpaired) electrons. The Balaban J connectivity index is 0. The fraction of sp³-hybridized carbons (Fsp3) is 1.00. The van der Waals surface area contributed by atoms with Gasteiger partial charge in [0.2, 0.25) is 0 Å². The van der Waals surface area contributed by atoms with E-state index < -0.39 is 15.9 Å². The number of nitrogens with one attached hydrogen (secondary N) is 2. The molecule has 0 aliphatic rings. The summed E-state index contributed by atoms with van der Waals surface area (Å²) in [7, 11) is -2.33. The van der Waals surface area contributed by atoms with Crippen molar-refractivity contribution in [2.75, 3.05) is 13.3 Å². The highest BCUT2D eigenvalue weighted by Crippen LogP contribution is 2.13. The van der Waals surface area contributed by atoms with Crippen molar-refractivity contribution in [1.82, 2.24) is 10.2 Å². The molecule has 0 aromatic carbocycles. The molecule has 0 rings (SSSR count). The average Bonchev–Trinajstić information content (AvgIpc) is 1.76.